The molecule has 1 N–H and O–H groups in total. The van der Waals surface area contributed by atoms with Crippen molar-refractivity contribution < 1.29 is 27.4 Å². The van der Waals surface area contributed by atoms with Gasteiger partial charge in [-0.15, -0.1) is 0 Å². The number of aromatic nitrogens is 4. The lowest BCUT2D eigenvalue weighted by molar-refractivity contribution is -0.152. The Hall–Kier alpha value is -3.70. The number of hydrogen-bond acceptors (Lipinski definition) is 6. The Morgan fingerprint density at radius 3 is 2.73 bits per heavy atom. The van der Waals surface area contributed by atoms with E-state index in [0.717, 1.165) is 22.7 Å². The molecule has 2 heterocycles. The van der Waals surface area contributed by atoms with Gasteiger partial charge in [-0.1, -0.05) is 23.7 Å². The number of halogens is 4. The summed E-state index contributed by atoms with van der Waals surface area (Å²) in [6, 6.07) is 8.95. The Labute approximate surface area is 215 Å². The van der Waals surface area contributed by atoms with Crippen LogP contribution in [0.4, 0.5) is 13.2 Å². The Kier molecular flexibility index (Phi) is 7.94. The molecule has 4 aromatic rings. The molecule has 1 amide bonds. The quantitative estimate of drug-likeness (QED) is 0.321. The fourth-order valence-corrected chi connectivity index (χ4v) is 4.27. The number of ether oxygens (including phenoxy) is 2. The maximum atomic E-state index is 14.2. The third-order valence-corrected chi connectivity index (χ3v) is 5.97. The SMILES string of the molecule is Cc1cc(-c2ncnn2C)c2cccc(OCc3c(Cl)cc(F)cc3[C@@H](C)NC(=O)COC(F)F)c2n1. The summed E-state index contributed by atoms with van der Waals surface area (Å²) >= 11 is 6.35. The van der Waals surface area contributed by atoms with Gasteiger partial charge in [0.15, 0.2) is 5.82 Å². The van der Waals surface area contributed by atoms with Gasteiger partial charge in [-0.3, -0.25) is 4.79 Å². The summed E-state index contributed by atoms with van der Waals surface area (Å²) in [5.74, 6) is -0.288. The number of carbonyl (C=O) groups is 1. The maximum Gasteiger partial charge on any atom is 0.345 e. The number of amides is 1. The van der Waals surface area contributed by atoms with Gasteiger partial charge in [0.25, 0.3) is 0 Å². The molecule has 0 unspecified atom stereocenters. The van der Waals surface area contributed by atoms with E-state index in [2.05, 4.69) is 25.1 Å². The van der Waals surface area contributed by atoms with Crippen molar-refractivity contribution in [2.24, 2.45) is 7.05 Å². The van der Waals surface area contributed by atoms with Crippen LogP contribution >= 0.6 is 11.6 Å². The molecule has 0 fully saturated rings. The van der Waals surface area contributed by atoms with Crippen molar-refractivity contribution in [3.63, 3.8) is 0 Å². The molecule has 0 saturated heterocycles. The molecule has 8 nitrogen and oxygen atoms in total. The van der Waals surface area contributed by atoms with Crippen LogP contribution in [0.1, 0.15) is 29.8 Å². The van der Waals surface area contributed by atoms with E-state index in [1.165, 1.54) is 12.4 Å². The zero-order chi connectivity index (χ0) is 26.7. The second-order valence-electron chi connectivity index (χ2n) is 8.28. The molecule has 0 aliphatic rings. The molecule has 37 heavy (non-hydrogen) atoms. The van der Waals surface area contributed by atoms with Gasteiger partial charge in [0, 0.05) is 29.3 Å². The molecule has 2 aromatic heterocycles. The van der Waals surface area contributed by atoms with Gasteiger partial charge in [-0.25, -0.2) is 19.0 Å². The van der Waals surface area contributed by atoms with E-state index in [-0.39, 0.29) is 11.6 Å². The minimum atomic E-state index is -3.08. The Morgan fingerprint density at radius 2 is 2.03 bits per heavy atom. The summed E-state index contributed by atoms with van der Waals surface area (Å²) < 4.78 is 50.5. The fraction of sp³-hybridized carbons (Fsp3) is 0.280. The molecular formula is C25H23ClF3N5O3. The number of nitrogens with one attached hydrogen (secondary N) is 1. The van der Waals surface area contributed by atoms with E-state index in [9.17, 15) is 18.0 Å². The van der Waals surface area contributed by atoms with Gasteiger partial charge in [-0.2, -0.15) is 13.9 Å². The number of nitrogens with zero attached hydrogens (tertiary/aromatic N) is 4. The van der Waals surface area contributed by atoms with Crippen LogP contribution in [0.3, 0.4) is 0 Å². The predicted octanol–water partition coefficient (Wildman–Crippen LogP) is 5.13. The number of carbonyl (C=O) groups excluding carboxylic acids is 1. The maximum absolute atomic E-state index is 14.2. The Balaban J connectivity index is 1.64. The first kappa shape index (κ1) is 26.4. The van der Waals surface area contributed by atoms with E-state index in [0.29, 0.717) is 28.2 Å². The lowest BCUT2D eigenvalue weighted by Gasteiger charge is -2.20. The zero-order valence-corrected chi connectivity index (χ0v) is 20.9. The first-order chi connectivity index (χ1) is 17.6. The van der Waals surface area contributed by atoms with E-state index >= 15 is 0 Å². The highest BCUT2D eigenvalue weighted by atomic mass is 35.5. The minimum Gasteiger partial charge on any atom is -0.487 e. The normalized spacial score (nSPS) is 12.2. The van der Waals surface area contributed by atoms with Crippen LogP contribution in [0.5, 0.6) is 5.75 Å². The second-order valence-corrected chi connectivity index (χ2v) is 8.68. The summed E-state index contributed by atoms with van der Waals surface area (Å²) in [4.78, 5) is 21.0. The monoisotopic (exact) mass is 533 g/mol. The van der Waals surface area contributed by atoms with Gasteiger partial charge in [0.1, 0.15) is 36.6 Å². The Morgan fingerprint density at radius 1 is 1.24 bits per heavy atom. The number of para-hydroxylation sites is 1. The molecule has 12 heteroatoms. The lowest BCUT2D eigenvalue weighted by atomic mass is 10.0. The van der Waals surface area contributed by atoms with Crippen LogP contribution in [0.25, 0.3) is 22.3 Å². The van der Waals surface area contributed by atoms with Gasteiger partial charge in [-0.05, 0) is 43.7 Å². The third kappa shape index (κ3) is 6.00. The molecule has 0 spiro atoms. The average molecular weight is 534 g/mol. The summed E-state index contributed by atoms with van der Waals surface area (Å²) in [6.45, 7) is -0.569. The second kappa shape index (κ2) is 11.1. The van der Waals surface area contributed by atoms with Crippen molar-refractivity contribution in [1.82, 2.24) is 25.1 Å². The number of benzene rings is 2. The predicted molar refractivity (Wildman–Crippen MR) is 131 cm³/mol. The number of rotatable bonds is 9. The number of alkyl halides is 2. The van der Waals surface area contributed by atoms with Crippen molar-refractivity contribution in [2.45, 2.75) is 33.1 Å². The molecule has 0 radical (unpaired) electrons. The number of hydrogen-bond donors (Lipinski definition) is 1. The molecule has 1 atom stereocenters. The highest BCUT2D eigenvalue weighted by Gasteiger charge is 2.20. The summed E-state index contributed by atoms with van der Waals surface area (Å²) in [7, 11) is 1.79. The third-order valence-electron chi connectivity index (χ3n) is 5.63. The van der Waals surface area contributed by atoms with Crippen molar-refractivity contribution in [2.75, 3.05) is 6.61 Å². The van der Waals surface area contributed by atoms with Crippen LogP contribution < -0.4 is 10.1 Å². The molecule has 0 bridgehead atoms. The molecule has 0 saturated carbocycles. The number of aryl methyl sites for hydroxylation is 2. The van der Waals surface area contributed by atoms with Crippen LogP contribution in [0, 0.1) is 12.7 Å². The molecular weight excluding hydrogens is 511 g/mol. The van der Waals surface area contributed by atoms with Gasteiger partial charge in [0.2, 0.25) is 5.91 Å². The van der Waals surface area contributed by atoms with Crippen LogP contribution in [0.15, 0.2) is 42.7 Å². The summed E-state index contributed by atoms with van der Waals surface area (Å²) in [5, 5.41) is 7.53. The van der Waals surface area contributed by atoms with Gasteiger partial charge < -0.3 is 14.8 Å². The molecule has 4 rings (SSSR count). The van der Waals surface area contributed by atoms with E-state index < -0.39 is 31.0 Å². The minimum absolute atomic E-state index is 0.0732. The largest absolute Gasteiger partial charge is 0.487 e. The summed E-state index contributed by atoms with van der Waals surface area (Å²) in [5.41, 5.74) is 2.91. The van der Waals surface area contributed by atoms with Crippen molar-refractivity contribution in [3.05, 3.63) is 70.4 Å². The van der Waals surface area contributed by atoms with Crippen LogP contribution in [0.2, 0.25) is 5.02 Å². The van der Waals surface area contributed by atoms with Crippen molar-refractivity contribution >= 4 is 28.4 Å². The van der Waals surface area contributed by atoms with Crippen LogP contribution in [-0.2, 0) is 23.2 Å². The van der Waals surface area contributed by atoms with E-state index in [1.807, 2.05) is 25.1 Å². The fourth-order valence-electron chi connectivity index (χ4n) is 4.00. The smallest absolute Gasteiger partial charge is 0.345 e. The van der Waals surface area contributed by atoms with Crippen molar-refractivity contribution in [1.29, 1.82) is 0 Å². The molecule has 194 valence electrons. The van der Waals surface area contributed by atoms with Gasteiger partial charge in [0.05, 0.1) is 11.1 Å². The zero-order valence-electron chi connectivity index (χ0n) is 20.1. The topological polar surface area (TPSA) is 91.2 Å². The lowest BCUT2D eigenvalue weighted by Crippen LogP contribution is -2.31. The standard InChI is InChI=1S/C25H23ClF3N5O3/c1-13-7-18(24-30-12-31-34(24)3)16-5-4-6-21(23(16)32-13)36-10-19-17(8-15(27)9-20(19)26)14(2)33-22(35)11-37-25(28)29/h4-9,12,14,25H,10-11H2,1-3H3,(H,33,35)/t14-/m1/s1. The van der Waals surface area contributed by atoms with Crippen molar-refractivity contribution in [3.8, 4) is 17.1 Å². The van der Waals surface area contributed by atoms with Crippen LogP contribution in [-0.4, -0.2) is 38.9 Å². The first-order valence-electron chi connectivity index (χ1n) is 11.2. The Bertz CT molecular complexity index is 1450. The highest BCUT2D eigenvalue weighted by Crippen LogP contribution is 2.34. The molecule has 2 aromatic carbocycles. The van der Waals surface area contributed by atoms with Gasteiger partial charge >= 0.3 is 6.61 Å². The molecule has 0 aliphatic heterocycles. The average Bonchev–Trinajstić information content (AvgIpc) is 3.27. The van der Waals surface area contributed by atoms with E-state index in [4.69, 9.17) is 16.3 Å². The number of fused-ring (bicyclic) bond motifs is 1. The van der Waals surface area contributed by atoms with E-state index in [1.54, 1.807) is 24.7 Å². The first-order valence-corrected chi connectivity index (χ1v) is 11.6. The highest BCUT2D eigenvalue weighted by molar-refractivity contribution is 6.31. The number of pyridine rings is 1. The molecule has 0 aliphatic carbocycles. The summed E-state index contributed by atoms with van der Waals surface area (Å²) in [6.07, 6.45) is 1.47.